The SMILES string of the molecule is NC(=O)C1CCCCN1C(=S)NCCc1ccccc1. The number of primary amides is 1. The highest BCUT2D eigenvalue weighted by atomic mass is 32.1. The molecule has 0 saturated carbocycles. The van der Waals surface area contributed by atoms with Crippen molar-refractivity contribution >= 4 is 23.2 Å². The van der Waals surface area contributed by atoms with Crippen LogP contribution in [-0.4, -0.2) is 35.1 Å². The van der Waals surface area contributed by atoms with Crippen LogP contribution in [0.25, 0.3) is 0 Å². The van der Waals surface area contributed by atoms with Crippen molar-refractivity contribution in [1.82, 2.24) is 10.2 Å². The Bertz CT molecular complexity index is 463. The van der Waals surface area contributed by atoms with Gasteiger partial charge in [0.1, 0.15) is 6.04 Å². The summed E-state index contributed by atoms with van der Waals surface area (Å²) in [6.45, 7) is 1.58. The molecule has 1 amide bonds. The maximum absolute atomic E-state index is 11.5. The predicted octanol–water partition coefficient (Wildman–Crippen LogP) is 1.44. The highest BCUT2D eigenvalue weighted by Crippen LogP contribution is 2.16. The monoisotopic (exact) mass is 291 g/mol. The molecule has 1 heterocycles. The summed E-state index contributed by atoms with van der Waals surface area (Å²) in [5.41, 5.74) is 6.72. The van der Waals surface area contributed by atoms with E-state index in [9.17, 15) is 4.79 Å². The molecule has 1 fully saturated rings. The molecule has 1 aromatic carbocycles. The molecule has 1 aliphatic rings. The molecule has 1 atom stereocenters. The number of piperidine rings is 1. The second-order valence-electron chi connectivity index (χ2n) is 5.07. The molecule has 0 radical (unpaired) electrons. The number of nitrogens with two attached hydrogens (primary N) is 1. The Morgan fingerprint density at radius 3 is 2.80 bits per heavy atom. The summed E-state index contributed by atoms with van der Waals surface area (Å²) in [6.07, 6.45) is 3.81. The average molecular weight is 291 g/mol. The lowest BCUT2D eigenvalue weighted by molar-refractivity contribution is -0.122. The van der Waals surface area contributed by atoms with Crippen molar-refractivity contribution in [2.75, 3.05) is 13.1 Å². The van der Waals surface area contributed by atoms with Crippen LogP contribution in [0.2, 0.25) is 0 Å². The van der Waals surface area contributed by atoms with E-state index >= 15 is 0 Å². The fourth-order valence-electron chi connectivity index (χ4n) is 2.53. The molecule has 2 rings (SSSR count). The Morgan fingerprint density at radius 2 is 2.10 bits per heavy atom. The molecule has 4 nitrogen and oxygen atoms in total. The van der Waals surface area contributed by atoms with Crippen molar-refractivity contribution in [2.45, 2.75) is 31.7 Å². The van der Waals surface area contributed by atoms with Crippen LogP contribution >= 0.6 is 12.2 Å². The molecule has 1 aromatic rings. The minimum Gasteiger partial charge on any atom is -0.368 e. The zero-order chi connectivity index (χ0) is 14.4. The lowest BCUT2D eigenvalue weighted by Crippen LogP contribution is -2.53. The van der Waals surface area contributed by atoms with E-state index < -0.39 is 0 Å². The van der Waals surface area contributed by atoms with Gasteiger partial charge in [0.15, 0.2) is 5.11 Å². The Hall–Kier alpha value is -1.62. The topological polar surface area (TPSA) is 58.4 Å². The van der Waals surface area contributed by atoms with Gasteiger partial charge in [-0.15, -0.1) is 0 Å². The molecule has 1 unspecified atom stereocenters. The lowest BCUT2D eigenvalue weighted by atomic mass is 10.0. The molecule has 20 heavy (non-hydrogen) atoms. The van der Waals surface area contributed by atoms with Crippen molar-refractivity contribution in [1.29, 1.82) is 0 Å². The van der Waals surface area contributed by atoms with Gasteiger partial charge in [-0.05, 0) is 43.5 Å². The van der Waals surface area contributed by atoms with Gasteiger partial charge in [-0.3, -0.25) is 4.79 Å². The maximum Gasteiger partial charge on any atom is 0.240 e. The van der Waals surface area contributed by atoms with Crippen LogP contribution < -0.4 is 11.1 Å². The van der Waals surface area contributed by atoms with Crippen LogP contribution in [0.5, 0.6) is 0 Å². The van der Waals surface area contributed by atoms with E-state index in [1.165, 1.54) is 5.56 Å². The molecule has 0 bridgehead atoms. The van der Waals surface area contributed by atoms with Gasteiger partial charge < -0.3 is 16.0 Å². The van der Waals surface area contributed by atoms with Crippen LogP contribution in [0.1, 0.15) is 24.8 Å². The zero-order valence-corrected chi connectivity index (χ0v) is 12.4. The van der Waals surface area contributed by atoms with E-state index in [-0.39, 0.29) is 11.9 Å². The molecule has 0 aliphatic carbocycles. The molecule has 0 spiro atoms. The maximum atomic E-state index is 11.5. The molecule has 1 aliphatic heterocycles. The number of hydrogen-bond acceptors (Lipinski definition) is 2. The highest BCUT2D eigenvalue weighted by Gasteiger charge is 2.28. The summed E-state index contributed by atoms with van der Waals surface area (Å²) in [6, 6.07) is 10.0. The first-order valence-electron chi connectivity index (χ1n) is 7.06. The van der Waals surface area contributed by atoms with Crippen LogP contribution in [0.4, 0.5) is 0 Å². The second-order valence-corrected chi connectivity index (χ2v) is 5.46. The zero-order valence-electron chi connectivity index (χ0n) is 11.5. The summed E-state index contributed by atoms with van der Waals surface area (Å²) in [4.78, 5) is 13.4. The molecule has 0 aromatic heterocycles. The predicted molar refractivity (Wildman–Crippen MR) is 84.3 cm³/mol. The van der Waals surface area contributed by atoms with Crippen LogP contribution in [0, 0.1) is 0 Å². The lowest BCUT2D eigenvalue weighted by Gasteiger charge is -2.35. The first-order chi connectivity index (χ1) is 9.68. The third-order valence-corrected chi connectivity index (χ3v) is 4.00. The van der Waals surface area contributed by atoms with Crippen molar-refractivity contribution in [3.8, 4) is 0 Å². The smallest absolute Gasteiger partial charge is 0.240 e. The summed E-state index contributed by atoms with van der Waals surface area (Å²) < 4.78 is 0. The van der Waals surface area contributed by atoms with Gasteiger partial charge in [-0.25, -0.2) is 0 Å². The number of hydrogen-bond donors (Lipinski definition) is 2. The number of benzene rings is 1. The van der Waals surface area contributed by atoms with E-state index in [2.05, 4.69) is 17.4 Å². The minimum atomic E-state index is -0.281. The number of nitrogens with zero attached hydrogens (tertiary/aromatic N) is 1. The Labute approximate surface area is 125 Å². The summed E-state index contributed by atoms with van der Waals surface area (Å²) in [5.74, 6) is -0.281. The van der Waals surface area contributed by atoms with Crippen molar-refractivity contribution in [3.05, 3.63) is 35.9 Å². The Balaban J connectivity index is 1.83. The number of nitrogens with one attached hydrogen (secondary N) is 1. The van der Waals surface area contributed by atoms with Gasteiger partial charge in [0, 0.05) is 13.1 Å². The van der Waals surface area contributed by atoms with Crippen LogP contribution in [0.3, 0.4) is 0 Å². The number of amides is 1. The molecular formula is C15H21N3OS. The fraction of sp³-hybridized carbons (Fsp3) is 0.467. The van der Waals surface area contributed by atoms with Crippen LogP contribution in [-0.2, 0) is 11.2 Å². The van der Waals surface area contributed by atoms with Crippen molar-refractivity contribution in [2.24, 2.45) is 5.73 Å². The van der Waals surface area contributed by atoms with E-state index in [4.69, 9.17) is 18.0 Å². The van der Waals surface area contributed by atoms with E-state index in [0.717, 1.165) is 38.8 Å². The van der Waals surface area contributed by atoms with Crippen molar-refractivity contribution < 1.29 is 4.79 Å². The molecule has 3 N–H and O–H groups in total. The molecular weight excluding hydrogens is 270 g/mol. The summed E-state index contributed by atoms with van der Waals surface area (Å²) in [7, 11) is 0. The van der Waals surface area contributed by atoms with Gasteiger partial charge >= 0.3 is 0 Å². The highest BCUT2D eigenvalue weighted by molar-refractivity contribution is 7.80. The number of carbonyl (C=O) groups is 1. The number of thiocarbonyl (C=S) groups is 1. The minimum absolute atomic E-state index is 0.250. The summed E-state index contributed by atoms with van der Waals surface area (Å²) >= 11 is 5.39. The largest absolute Gasteiger partial charge is 0.368 e. The van der Waals surface area contributed by atoms with Gasteiger partial charge in [-0.1, -0.05) is 30.3 Å². The quantitative estimate of drug-likeness (QED) is 0.824. The van der Waals surface area contributed by atoms with E-state index in [0.29, 0.717) is 5.11 Å². The number of carbonyl (C=O) groups excluding carboxylic acids is 1. The second kappa shape index (κ2) is 7.24. The standard InChI is InChI=1S/C15H21N3OS/c16-14(19)13-8-4-5-11-18(13)15(20)17-10-9-12-6-2-1-3-7-12/h1-3,6-7,13H,4-5,8-11H2,(H2,16,19)(H,17,20). The summed E-state index contributed by atoms with van der Waals surface area (Å²) in [5, 5.41) is 3.88. The normalized spacial score (nSPS) is 18.6. The molecule has 1 saturated heterocycles. The van der Waals surface area contributed by atoms with Crippen molar-refractivity contribution in [3.63, 3.8) is 0 Å². The first-order valence-corrected chi connectivity index (χ1v) is 7.47. The van der Waals surface area contributed by atoms with Gasteiger partial charge in [0.25, 0.3) is 0 Å². The Morgan fingerprint density at radius 1 is 1.35 bits per heavy atom. The molecule has 5 heteroatoms. The Kier molecular flexibility index (Phi) is 5.35. The van der Waals surface area contributed by atoms with E-state index in [1.54, 1.807) is 0 Å². The third kappa shape index (κ3) is 3.93. The molecule has 108 valence electrons. The van der Waals surface area contributed by atoms with E-state index in [1.807, 2.05) is 23.1 Å². The number of likely N-dealkylation sites (tertiary alicyclic amines) is 1. The fourth-order valence-corrected chi connectivity index (χ4v) is 2.85. The first kappa shape index (κ1) is 14.8. The third-order valence-electron chi connectivity index (χ3n) is 3.62. The van der Waals surface area contributed by atoms with Gasteiger partial charge in [-0.2, -0.15) is 0 Å². The number of rotatable bonds is 4. The van der Waals surface area contributed by atoms with Crippen LogP contribution in [0.15, 0.2) is 30.3 Å². The van der Waals surface area contributed by atoms with Gasteiger partial charge in [0.2, 0.25) is 5.91 Å². The van der Waals surface area contributed by atoms with Gasteiger partial charge in [0.05, 0.1) is 0 Å². The average Bonchev–Trinajstić information content (AvgIpc) is 2.48.